The number of thiophene rings is 1. The fourth-order valence-corrected chi connectivity index (χ4v) is 3.14. The van der Waals surface area contributed by atoms with Crippen molar-refractivity contribution in [1.82, 2.24) is 4.98 Å². The number of aromatic nitrogens is 1. The van der Waals surface area contributed by atoms with Crippen LogP contribution in [-0.2, 0) is 0 Å². The lowest BCUT2D eigenvalue weighted by atomic mass is 9.99. The van der Waals surface area contributed by atoms with Crippen LogP contribution in [-0.4, -0.2) is 4.98 Å². The molecule has 1 unspecified atom stereocenters. The molecule has 2 nitrogen and oxygen atoms in total. The van der Waals surface area contributed by atoms with Gasteiger partial charge in [-0.05, 0) is 40.4 Å². The number of benzene rings is 1. The van der Waals surface area contributed by atoms with Crippen LogP contribution in [0.15, 0.2) is 48.1 Å². The van der Waals surface area contributed by atoms with Crippen molar-refractivity contribution in [3.05, 3.63) is 64.8 Å². The Hall–Kier alpha value is -1.71. The molecule has 0 aliphatic carbocycles. The van der Waals surface area contributed by atoms with Crippen LogP contribution in [0.2, 0.25) is 0 Å². The fraction of sp³-hybridized carbons (Fsp3) is 0.133. The zero-order chi connectivity index (χ0) is 12.5. The molecule has 0 saturated carbocycles. The third kappa shape index (κ3) is 1.92. The van der Waals surface area contributed by atoms with Gasteiger partial charge in [0.1, 0.15) is 0 Å². The summed E-state index contributed by atoms with van der Waals surface area (Å²) < 4.78 is 1.27. The maximum Gasteiger partial charge on any atom is 0.0581 e. The van der Waals surface area contributed by atoms with Crippen molar-refractivity contribution in [2.24, 2.45) is 5.73 Å². The summed E-state index contributed by atoms with van der Waals surface area (Å²) in [5.41, 5.74) is 9.76. The summed E-state index contributed by atoms with van der Waals surface area (Å²) in [5.74, 6) is 0. The van der Waals surface area contributed by atoms with Gasteiger partial charge in [0.15, 0.2) is 0 Å². The lowest BCUT2D eigenvalue weighted by Gasteiger charge is -2.13. The van der Waals surface area contributed by atoms with Crippen LogP contribution in [0.4, 0.5) is 0 Å². The Morgan fingerprint density at radius 3 is 2.94 bits per heavy atom. The average Bonchev–Trinajstić information content (AvgIpc) is 2.86. The summed E-state index contributed by atoms with van der Waals surface area (Å²) >= 11 is 1.74. The van der Waals surface area contributed by atoms with Crippen molar-refractivity contribution in [3.63, 3.8) is 0 Å². The highest BCUT2D eigenvalue weighted by Gasteiger charge is 2.13. The van der Waals surface area contributed by atoms with Crippen LogP contribution < -0.4 is 5.73 Å². The molecule has 0 spiro atoms. The van der Waals surface area contributed by atoms with Gasteiger partial charge in [-0.1, -0.05) is 24.3 Å². The summed E-state index contributed by atoms with van der Waals surface area (Å²) in [4.78, 5) is 4.22. The molecule has 90 valence electrons. The minimum atomic E-state index is -0.111. The van der Waals surface area contributed by atoms with E-state index in [1.165, 1.54) is 15.6 Å². The molecule has 1 atom stereocenters. The maximum atomic E-state index is 6.38. The molecule has 3 heteroatoms. The molecule has 0 fully saturated rings. The van der Waals surface area contributed by atoms with Crippen molar-refractivity contribution < 1.29 is 0 Å². The van der Waals surface area contributed by atoms with Crippen molar-refractivity contribution in [3.8, 4) is 0 Å². The first-order valence-corrected chi connectivity index (χ1v) is 6.77. The average molecular weight is 254 g/mol. The minimum absolute atomic E-state index is 0.111. The summed E-state index contributed by atoms with van der Waals surface area (Å²) in [7, 11) is 0. The van der Waals surface area contributed by atoms with E-state index >= 15 is 0 Å². The second kappa shape index (κ2) is 4.52. The zero-order valence-corrected chi connectivity index (χ0v) is 10.9. The summed E-state index contributed by atoms with van der Waals surface area (Å²) in [6.07, 6.45) is 3.70. The third-order valence-corrected chi connectivity index (χ3v) is 4.08. The Kier molecular flexibility index (Phi) is 2.86. The molecule has 0 radical (unpaired) electrons. The van der Waals surface area contributed by atoms with Gasteiger partial charge in [-0.3, -0.25) is 4.98 Å². The highest BCUT2D eigenvalue weighted by molar-refractivity contribution is 7.17. The van der Waals surface area contributed by atoms with Crippen LogP contribution >= 0.6 is 11.3 Å². The SMILES string of the molecule is Cc1cncc(C(N)c2cccc3ccsc23)c1. The van der Waals surface area contributed by atoms with E-state index in [2.05, 4.69) is 40.7 Å². The Morgan fingerprint density at radius 1 is 1.22 bits per heavy atom. The predicted octanol–water partition coefficient (Wildman–Crippen LogP) is 3.65. The van der Waals surface area contributed by atoms with Gasteiger partial charge in [0.05, 0.1) is 6.04 Å². The largest absolute Gasteiger partial charge is 0.320 e. The van der Waals surface area contributed by atoms with Crippen molar-refractivity contribution in [2.75, 3.05) is 0 Å². The first-order valence-electron chi connectivity index (χ1n) is 5.89. The smallest absolute Gasteiger partial charge is 0.0581 e. The van der Waals surface area contributed by atoms with Crippen molar-refractivity contribution >= 4 is 21.4 Å². The van der Waals surface area contributed by atoms with E-state index in [0.29, 0.717) is 0 Å². The van der Waals surface area contributed by atoms with E-state index < -0.39 is 0 Å². The molecule has 3 rings (SSSR count). The highest BCUT2D eigenvalue weighted by Crippen LogP contribution is 2.30. The number of hydrogen-bond acceptors (Lipinski definition) is 3. The standard InChI is InChI=1S/C15H14N2S/c1-10-7-12(9-17-8-10)14(16)13-4-2-3-11-5-6-18-15(11)13/h2-9,14H,16H2,1H3. The molecule has 0 amide bonds. The molecule has 0 aliphatic heterocycles. The molecular weight excluding hydrogens is 240 g/mol. The van der Waals surface area contributed by atoms with Gasteiger partial charge in [-0.2, -0.15) is 0 Å². The van der Waals surface area contributed by atoms with Crippen molar-refractivity contribution in [2.45, 2.75) is 13.0 Å². The molecule has 2 N–H and O–H groups in total. The second-order valence-electron chi connectivity index (χ2n) is 4.46. The van der Waals surface area contributed by atoms with Crippen LogP contribution in [0.1, 0.15) is 22.7 Å². The Labute approximate surface area is 110 Å². The second-order valence-corrected chi connectivity index (χ2v) is 5.38. The van der Waals surface area contributed by atoms with E-state index in [1.807, 2.05) is 19.3 Å². The number of pyridine rings is 1. The molecule has 0 saturated heterocycles. The molecule has 0 aliphatic rings. The van der Waals surface area contributed by atoms with Crippen molar-refractivity contribution in [1.29, 1.82) is 0 Å². The lowest BCUT2D eigenvalue weighted by Crippen LogP contribution is -2.12. The predicted molar refractivity (Wildman–Crippen MR) is 76.8 cm³/mol. The van der Waals surface area contributed by atoms with Gasteiger partial charge in [0.2, 0.25) is 0 Å². The van der Waals surface area contributed by atoms with Gasteiger partial charge in [0, 0.05) is 17.1 Å². The fourth-order valence-electron chi connectivity index (χ4n) is 2.19. The van der Waals surface area contributed by atoms with Gasteiger partial charge in [0.25, 0.3) is 0 Å². The summed E-state index contributed by atoms with van der Waals surface area (Å²) in [5, 5.41) is 3.36. The Balaban J connectivity index is 2.12. The number of fused-ring (bicyclic) bond motifs is 1. The molecule has 2 heterocycles. The molecule has 3 aromatic rings. The lowest BCUT2D eigenvalue weighted by molar-refractivity contribution is 0.871. The molecule has 18 heavy (non-hydrogen) atoms. The topological polar surface area (TPSA) is 38.9 Å². The van der Waals surface area contributed by atoms with E-state index in [4.69, 9.17) is 5.73 Å². The van der Waals surface area contributed by atoms with Gasteiger partial charge in [-0.15, -0.1) is 11.3 Å². The number of hydrogen-bond donors (Lipinski definition) is 1. The van der Waals surface area contributed by atoms with E-state index in [-0.39, 0.29) is 6.04 Å². The van der Waals surface area contributed by atoms with E-state index in [1.54, 1.807) is 11.3 Å². The first kappa shape index (κ1) is 11.4. The van der Waals surface area contributed by atoms with Crippen LogP contribution in [0, 0.1) is 6.92 Å². The summed E-state index contributed by atoms with van der Waals surface area (Å²) in [6, 6.07) is 10.4. The van der Waals surface area contributed by atoms with E-state index in [0.717, 1.165) is 11.1 Å². The number of nitrogens with zero attached hydrogens (tertiary/aromatic N) is 1. The number of rotatable bonds is 2. The zero-order valence-electron chi connectivity index (χ0n) is 10.1. The van der Waals surface area contributed by atoms with Gasteiger partial charge < -0.3 is 5.73 Å². The Bertz CT molecular complexity index is 688. The molecule has 0 bridgehead atoms. The molecule has 1 aromatic carbocycles. The number of nitrogens with two attached hydrogens (primary N) is 1. The monoisotopic (exact) mass is 254 g/mol. The maximum absolute atomic E-state index is 6.38. The first-order chi connectivity index (χ1) is 8.75. The quantitative estimate of drug-likeness (QED) is 0.758. The van der Waals surface area contributed by atoms with Crippen LogP contribution in [0.25, 0.3) is 10.1 Å². The van der Waals surface area contributed by atoms with Crippen LogP contribution in [0.5, 0.6) is 0 Å². The van der Waals surface area contributed by atoms with Gasteiger partial charge in [-0.25, -0.2) is 0 Å². The van der Waals surface area contributed by atoms with E-state index in [9.17, 15) is 0 Å². The van der Waals surface area contributed by atoms with Crippen LogP contribution in [0.3, 0.4) is 0 Å². The normalized spacial score (nSPS) is 12.8. The summed E-state index contributed by atoms with van der Waals surface area (Å²) in [6.45, 7) is 2.04. The number of aryl methyl sites for hydroxylation is 1. The Morgan fingerprint density at radius 2 is 2.11 bits per heavy atom. The third-order valence-electron chi connectivity index (χ3n) is 3.10. The minimum Gasteiger partial charge on any atom is -0.320 e. The molecular formula is C15H14N2S. The highest BCUT2D eigenvalue weighted by atomic mass is 32.1. The molecule has 2 aromatic heterocycles. The van der Waals surface area contributed by atoms with Gasteiger partial charge >= 0.3 is 0 Å².